The number of nitrogens with one attached hydrogen (secondary N) is 2. The van der Waals surface area contributed by atoms with E-state index in [0.717, 1.165) is 9.13 Å². The molecule has 1 aliphatic rings. The average molecular weight is 451 g/mol. The highest BCUT2D eigenvalue weighted by molar-refractivity contribution is 14.1. The van der Waals surface area contributed by atoms with Crippen LogP contribution in [0.1, 0.15) is 15.9 Å². The van der Waals surface area contributed by atoms with Gasteiger partial charge in [0, 0.05) is 3.57 Å². The molecule has 25 heavy (non-hydrogen) atoms. The van der Waals surface area contributed by atoms with Gasteiger partial charge in [-0.05, 0) is 58.5 Å². The van der Waals surface area contributed by atoms with Crippen LogP contribution in [0, 0.1) is 3.57 Å². The fourth-order valence-corrected chi connectivity index (χ4v) is 2.75. The molecule has 1 aliphatic heterocycles. The molecule has 0 bridgehead atoms. The van der Waals surface area contributed by atoms with Gasteiger partial charge in [-0.3, -0.25) is 9.59 Å². The Hall–Kier alpha value is -2.62. The predicted molar refractivity (Wildman–Crippen MR) is 99.8 cm³/mol. The van der Waals surface area contributed by atoms with Crippen molar-refractivity contribution >= 4 is 40.6 Å². The molecule has 0 aromatic heterocycles. The first-order valence-electron chi connectivity index (χ1n) is 7.38. The molecule has 0 spiro atoms. The zero-order valence-electron chi connectivity index (χ0n) is 13.0. The number of rotatable bonds is 5. The van der Waals surface area contributed by atoms with Crippen molar-refractivity contribution in [1.82, 2.24) is 10.7 Å². The average Bonchev–Trinajstić information content (AvgIpc) is 3.08. The highest BCUT2D eigenvalue weighted by atomic mass is 127. The molecule has 2 aromatic carbocycles. The van der Waals surface area contributed by atoms with Crippen molar-refractivity contribution in [3.63, 3.8) is 0 Å². The van der Waals surface area contributed by atoms with E-state index in [1.165, 1.54) is 6.21 Å². The van der Waals surface area contributed by atoms with E-state index >= 15 is 0 Å². The van der Waals surface area contributed by atoms with Gasteiger partial charge < -0.3 is 14.8 Å². The predicted octanol–water partition coefficient (Wildman–Crippen LogP) is 1.90. The summed E-state index contributed by atoms with van der Waals surface area (Å²) < 4.78 is 11.3. The Balaban J connectivity index is 1.48. The zero-order valence-corrected chi connectivity index (χ0v) is 15.1. The fraction of sp³-hybridized carbons (Fsp3) is 0.118. The SMILES string of the molecule is O=C(CNC(=O)c1ccccc1I)NN=Cc1ccc2c(c1)OCO2. The van der Waals surface area contributed by atoms with Gasteiger partial charge in [0.25, 0.3) is 11.8 Å². The Bertz CT molecular complexity index is 838. The molecule has 0 atom stereocenters. The molecule has 2 amide bonds. The van der Waals surface area contributed by atoms with Crippen LogP contribution in [0.2, 0.25) is 0 Å². The van der Waals surface area contributed by atoms with Crippen molar-refractivity contribution < 1.29 is 19.1 Å². The summed E-state index contributed by atoms with van der Waals surface area (Å²) in [6.07, 6.45) is 1.49. The first kappa shape index (κ1) is 17.2. The number of halogens is 1. The molecule has 1 heterocycles. The molecule has 7 nitrogen and oxygen atoms in total. The Kier molecular flexibility index (Phi) is 5.49. The van der Waals surface area contributed by atoms with E-state index in [1.54, 1.807) is 30.3 Å². The smallest absolute Gasteiger partial charge is 0.259 e. The zero-order chi connectivity index (χ0) is 17.6. The first-order chi connectivity index (χ1) is 12.1. The van der Waals surface area contributed by atoms with Gasteiger partial charge in [-0.1, -0.05) is 12.1 Å². The van der Waals surface area contributed by atoms with Crippen LogP contribution in [0.5, 0.6) is 11.5 Å². The lowest BCUT2D eigenvalue weighted by atomic mass is 10.2. The minimum Gasteiger partial charge on any atom is -0.454 e. The van der Waals surface area contributed by atoms with E-state index in [1.807, 2.05) is 12.1 Å². The standard InChI is InChI=1S/C17H14IN3O4/c18-13-4-2-1-3-12(13)17(23)19-9-16(22)21-20-8-11-5-6-14-15(7-11)25-10-24-14/h1-8H,9-10H2,(H,19,23)(H,21,22). The summed E-state index contributed by atoms with van der Waals surface area (Å²) in [6, 6.07) is 12.5. The third-order valence-electron chi connectivity index (χ3n) is 3.33. The third kappa shape index (κ3) is 4.47. The van der Waals surface area contributed by atoms with E-state index in [0.29, 0.717) is 17.1 Å². The van der Waals surface area contributed by atoms with E-state index < -0.39 is 5.91 Å². The van der Waals surface area contributed by atoms with Gasteiger partial charge in [-0.2, -0.15) is 5.10 Å². The van der Waals surface area contributed by atoms with E-state index in [4.69, 9.17) is 9.47 Å². The van der Waals surface area contributed by atoms with Gasteiger partial charge >= 0.3 is 0 Å². The number of amides is 2. The molecule has 0 saturated heterocycles. The Morgan fingerprint density at radius 3 is 2.80 bits per heavy atom. The van der Waals surface area contributed by atoms with Crippen LogP contribution in [0.15, 0.2) is 47.6 Å². The second-order valence-electron chi connectivity index (χ2n) is 5.07. The second-order valence-corrected chi connectivity index (χ2v) is 6.23. The lowest BCUT2D eigenvalue weighted by Gasteiger charge is -2.05. The van der Waals surface area contributed by atoms with Crippen LogP contribution in [0.3, 0.4) is 0 Å². The monoisotopic (exact) mass is 451 g/mol. The largest absolute Gasteiger partial charge is 0.454 e. The van der Waals surface area contributed by atoms with Gasteiger partial charge in [0.15, 0.2) is 11.5 Å². The number of nitrogens with zero attached hydrogens (tertiary/aromatic N) is 1. The summed E-state index contributed by atoms with van der Waals surface area (Å²) in [6.45, 7) is 0.0367. The number of ether oxygens (including phenoxy) is 2. The molecular weight excluding hydrogens is 437 g/mol. The molecule has 0 unspecified atom stereocenters. The van der Waals surface area contributed by atoms with Crippen molar-refractivity contribution in [1.29, 1.82) is 0 Å². The van der Waals surface area contributed by atoms with E-state index in [2.05, 4.69) is 38.4 Å². The lowest BCUT2D eigenvalue weighted by Crippen LogP contribution is -2.35. The van der Waals surface area contributed by atoms with E-state index in [-0.39, 0.29) is 19.2 Å². The summed E-state index contributed by atoms with van der Waals surface area (Å²) in [4.78, 5) is 23.8. The number of benzene rings is 2. The molecule has 2 aromatic rings. The highest BCUT2D eigenvalue weighted by Crippen LogP contribution is 2.31. The molecule has 2 N–H and O–H groups in total. The van der Waals surface area contributed by atoms with Gasteiger partial charge in [0.1, 0.15) is 0 Å². The Labute approximate surface area is 157 Å². The maximum Gasteiger partial charge on any atom is 0.259 e. The van der Waals surface area contributed by atoms with Gasteiger partial charge in [0.2, 0.25) is 6.79 Å². The molecule has 0 radical (unpaired) electrons. The fourth-order valence-electron chi connectivity index (χ4n) is 2.11. The minimum atomic E-state index is -0.420. The Morgan fingerprint density at radius 2 is 1.96 bits per heavy atom. The molecule has 8 heteroatoms. The van der Waals surface area contributed by atoms with E-state index in [9.17, 15) is 9.59 Å². The summed E-state index contributed by atoms with van der Waals surface area (Å²) >= 11 is 2.07. The maximum atomic E-state index is 12.0. The lowest BCUT2D eigenvalue weighted by molar-refractivity contribution is -0.120. The summed E-state index contributed by atoms with van der Waals surface area (Å²) in [5, 5.41) is 6.42. The molecule has 3 rings (SSSR count). The molecule has 0 fully saturated rings. The van der Waals surface area contributed by atoms with Crippen molar-refractivity contribution in [3.8, 4) is 11.5 Å². The normalized spacial score (nSPS) is 12.2. The summed E-state index contributed by atoms with van der Waals surface area (Å²) in [5.74, 6) is 0.593. The highest BCUT2D eigenvalue weighted by Gasteiger charge is 2.13. The molecule has 0 saturated carbocycles. The third-order valence-corrected chi connectivity index (χ3v) is 4.27. The topological polar surface area (TPSA) is 89.0 Å². The number of hydrazone groups is 1. The minimum absolute atomic E-state index is 0.164. The molecule has 128 valence electrons. The number of carbonyl (C=O) groups excluding carboxylic acids is 2. The second kappa shape index (κ2) is 7.97. The first-order valence-corrected chi connectivity index (χ1v) is 8.45. The van der Waals surface area contributed by atoms with Crippen molar-refractivity contribution in [2.45, 2.75) is 0 Å². The number of hydrogen-bond donors (Lipinski definition) is 2. The van der Waals surface area contributed by atoms with Crippen LogP contribution in [-0.4, -0.2) is 31.4 Å². The van der Waals surface area contributed by atoms with Crippen molar-refractivity contribution in [2.75, 3.05) is 13.3 Å². The van der Waals surface area contributed by atoms with Gasteiger partial charge in [-0.25, -0.2) is 5.43 Å². The van der Waals surface area contributed by atoms with Crippen LogP contribution in [0.4, 0.5) is 0 Å². The van der Waals surface area contributed by atoms with Gasteiger partial charge in [-0.15, -0.1) is 0 Å². The number of fused-ring (bicyclic) bond motifs is 1. The Morgan fingerprint density at radius 1 is 1.16 bits per heavy atom. The number of carbonyl (C=O) groups is 2. The summed E-state index contributed by atoms with van der Waals surface area (Å²) in [5.41, 5.74) is 3.65. The van der Waals surface area contributed by atoms with Crippen molar-refractivity contribution in [3.05, 3.63) is 57.2 Å². The summed E-state index contributed by atoms with van der Waals surface area (Å²) in [7, 11) is 0. The van der Waals surface area contributed by atoms with Crippen molar-refractivity contribution in [2.24, 2.45) is 5.10 Å². The quantitative estimate of drug-likeness (QED) is 0.413. The van der Waals surface area contributed by atoms with Crippen LogP contribution >= 0.6 is 22.6 Å². The van der Waals surface area contributed by atoms with Crippen LogP contribution in [0.25, 0.3) is 0 Å². The maximum absolute atomic E-state index is 12.0. The van der Waals surface area contributed by atoms with Crippen LogP contribution in [-0.2, 0) is 4.79 Å². The van der Waals surface area contributed by atoms with Crippen LogP contribution < -0.4 is 20.2 Å². The molecular formula is C17H14IN3O4. The van der Waals surface area contributed by atoms with Gasteiger partial charge in [0.05, 0.1) is 18.3 Å². The number of hydrogen-bond acceptors (Lipinski definition) is 5. The molecule has 0 aliphatic carbocycles.